The van der Waals surface area contributed by atoms with Crippen molar-refractivity contribution in [3.63, 3.8) is 0 Å². The molecule has 0 spiro atoms. The number of piperidine rings is 2. The molecule has 0 radical (unpaired) electrons. The molecule has 2 saturated heterocycles. The summed E-state index contributed by atoms with van der Waals surface area (Å²) in [4.78, 5) is 19.6. The van der Waals surface area contributed by atoms with Crippen molar-refractivity contribution in [3.8, 4) is 0 Å². The number of rotatable bonds is 4. The quantitative estimate of drug-likeness (QED) is 0.867. The van der Waals surface area contributed by atoms with Gasteiger partial charge < -0.3 is 10.2 Å². The average Bonchev–Trinajstić information content (AvgIpc) is 3.10. The molecule has 2 fully saturated rings. The molecule has 2 aliphatic rings. The standard InChI is InChI=1S/C20H28N6O/c1-25-20(22-18(24-25)15-9-11-21-12-10-15)23-19(27)16-5-7-17(8-6-16)26-13-3-2-4-14-26/h5-8,15,21H,2-4,9-14H2,1H3,(H,22,23,24,27). The fraction of sp³-hybridized carbons (Fsp3) is 0.550. The molecular formula is C20H28N6O. The Bertz CT molecular complexity index is 772. The van der Waals surface area contributed by atoms with Crippen LogP contribution >= 0.6 is 0 Å². The van der Waals surface area contributed by atoms with E-state index < -0.39 is 0 Å². The van der Waals surface area contributed by atoms with E-state index >= 15 is 0 Å². The number of amides is 1. The van der Waals surface area contributed by atoms with Gasteiger partial charge in [-0.2, -0.15) is 10.1 Å². The van der Waals surface area contributed by atoms with E-state index in [1.54, 1.807) is 4.68 Å². The van der Waals surface area contributed by atoms with E-state index in [0.29, 0.717) is 17.4 Å². The molecule has 0 atom stereocenters. The largest absolute Gasteiger partial charge is 0.372 e. The highest BCUT2D eigenvalue weighted by atomic mass is 16.1. The summed E-state index contributed by atoms with van der Waals surface area (Å²) in [5.41, 5.74) is 1.83. The Morgan fingerprint density at radius 3 is 2.52 bits per heavy atom. The summed E-state index contributed by atoms with van der Waals surface area (Å²) in [6, 6.07) is 7.86. The lowest BCUT2D eigenvalue weighted by Crippen LogP contribution is -2.29. The van der Waals surface area contributed by atoms with Crippen LogP contribution in [-0.2, 0) is 7.05 Å². The highest BCUT2D eigenvalue weighted by Crippen LogP contribution is 2.24. The van der Waals surface area contributed by atoms with Crippen LogP contribution in [0.2, 0.25) is 0 Å². The summed E-state index contributed by atoms with van der Waals surface area (Å²) >= 11 is 0. The number of nitrogens with zero attached hydrogens (tertiary/aromatic N) is 4. The first-order valence-corrected chi connectivity index (χ1v) is 9.99. The van der Waals surface area contributed by atoms with Crippen molar-refractivity contribution in [1.29, 1.82) is 0 Å². The van der Waals surface area contributed by atoms with E-state index in [0.717, 1.165) is 44.8 Å². The fourth-order valence-electron chi connectivity index (χ4n) is 3.92. The summed E-state index contributed by atoms with van der Waals surface area (Å²) in [6.07, 6.45) is 5.88. The zero-order chi connectivity index (χ0) is 18.6. The summed E-state index contributed by atoms with van der Waals surface area (Å²) in [7, 11) is 1.83. The molecule has 0 saturated carbocycles. The van der Waals surface area contributed by atoms with E-state index in [2.05, 4.69) is 25.6 Å². The van der Waals surface area contributed by atoms with Crippen LogP contribution in [0.5, 0.6) is 0 Å². The lowest BCUT2D eigenvalue weighted by atomic mass is 9.98. The van der Waals surface area contributed by atoms with Gasteiger partial charge in [-0.1, -0.05) is 0 Å². The van der Waals surface area contributed by atoms with Crippen molar-refractivity contribution in [1.82, 2.24) is 20.1 Å². The fourth-order valence-corrected chi connectivity index (χ4v) is 3.92. The van der Waals surface area contributed by atoms with E-state index in [-0.39, 0.29) is 5.91 Å². The SMILES string of the molecule is Cn1nc(C2CCNCC2)nc1NC(=O)c1ccc(N2CCCCC2)cc1. The maximum absolute atomic E-state index is 12.6. The number of benzene rings is 1. The summed E-state index contributed by atoms with van der Waals surface area (Å²) in [6.45, 7) is 4.19. The molecule has 7 heteroatoms. The number of anilines is 2. The number of aromatic nitrogens is 3. The third kappa shape index (κ3) is 4.13. The predicted molar refractivity (Wildman–Crippen MR) is 106 cm³/mol. The minimum atomic E-state index is -0.146. The van der Waals surface area contributed by atoms with Crippen molar-refractivity contribution in [2.45, 2.75) is 38.0 Å². The average molecular weight is 368 g/mol. The van der Waals surface area contributed by atoms with Crippen LogP contribution in [0.25, 0.3) is 0 Å². The predicted octanol–water partition coefficient (Wildman–Crippen LogP) is 2.52. The molecule has 1 aromatic carbocycles. The molecule has 0 bridgehead atoms. The minimum absolute atomic E-state index is 0.146. The summed E-state index contributed by atoms with van der Waals surface area (Å²) < 4.78 is 1.66. The lowest BCUT2D eigenvalue weighted by Gasteiger charge is -2.28. The summed E-state index contributed by atoms with van der Waals surface area (Å²) in [5.74, 6) is 1.56. The second kappa shape index (κ2) is 8.08. The molecule has 2 N–H and O–H groups in total. The third-order valence-corrected chi connectivity index (χ3v) is 5.56. The van der Waals surface area contributed by atoms with Gasteiger partial charge in [0, 0.05) is 37.3 Å². The van der Waals surface area contributed by atoms with Crippen LogP contribution in [-0.4, -0.2) is 46.9 Å². The Morgan fingerprint density at radius 2 is 1.81 bits per heavy atom. The van der Waals surface area contributed by atoms with Gasteiger partial charge in [-0.3, -0.25) is 10.1 Å². The van der Waals surface area contributed by atoms with Crippen molar-refractivity contribution in [2.75, 3.05) is 36.4 Å². The van der Waals surface area contributed by atoms with Gasteiger partial charge in [0.05, 0.1) is 0 Å². The molecule has 7 nitrogen and oxygen atoms in total. The van der Waals surface area contributed by atoms with E-state index in [4.69, 9.17) is 0 Å². The Kier molecular flexibility index (Phi) is 5.38. The second-order valence-corrected chi connectivity index (χ2v) is 7.49. The van der Waals surface area contributed by atoms with E-state index in [9.17, 15) is 4.79 Å². The molecule has 2 aromatic rings. The van der Waals surface area contributed by atoms with Gasteiger partial charge in [-0.15, -0.1) is 0 Å². The first-order chi connectivity index (χ1) is 13.2. The number of carbonyl (C=O) groups excluding carboxylic acids is 1. The zero-order valence-electron chi connectivity index (χ0n) is 15.9. The molecule has 27 heavy (non-hydrogen) atoms. The molecule has 0 aliphatic carbocycles. The van der Waals surface area contributed by atoms with Crippen LogP contribution in [0, 0.1) is 0 Å². The second-order valence-electron chi connectivity index (χ2n) is 7.49. The number of hydrogen-bond acceptors (Lipinski definition) is 5. The van der Waals surface area contributed by atoms with Crippen LogP contribution in [0.4, 0.5) is 11.6 Å². The highest BCUT2D eigenvalue weighted by Gasteiger charge is 2.21. The molecule has 3 heterocycles. The van der Waals surface area contributed by atoms with Crippen LogP contribution in [0.15, 0.2) is 24.3 Å². The topological polar surface area (TPSA) is 75.1 Å². The summed E-state index contributed by atoms with van der Waals surface area (Å²) in [5, 5.41) is 10.8. The molecule has 0 unspecified atom stereocenters. The molecule has 1 aromatic heterocycles. The van der Waals surface area contributed by atoms with Gasteiger partial charge in [0.15, 0.2) is 5.82 Å². The van der Waals surface area contributed by atoms with Gasteiger partial charge in [0.2, 0.25) is 5.95 Å². The van der Waals surface area contributed by atoms with E-state index in [1.807, 2.05) is 31.3 Å². The molecule has 4 rings (SSSR count). The zero-order valence-corrected chi connectivity index (χ0v) is 15.9. The lowest BCUT2D eigenvalue weighted by molar-refractivity contribution is 0.102. The first-order valence-electron chi connectivity index (χ1n) is 9.99. The molecular weight excluding hydrogens is 340 g/mol. The monoisotopic (exact) mass is 368 g/mol. The molecule has 2 aliphatic heterocycles. The number of nitrogens with one attached hydrogen (secondary N) is 2. The molecule has 1 amide bonds. The Labute approximate surface area is 160 Å². The maximum Gasteiger partial charge on any atom is 0.258 e. The van der Waals surface area contributed by atoms with Crippen molar-refractivity contribution < 1.29 is 4.79 Å². The van der Waals surface area contributed by atoms with Gasteiger partial charge in [0.1, 0.15) is 0 Å². The van der Waals surface area contributed by atoms with Gasteiger partial charge in [-0.25, -0.2) is 4.68 Å². The van der Waals surface area contributed by atoms with Crippen molar-refractivity contribution >= 4 is 17.5 Å². The Hall–Kier alpha value is -2.41. The Balaban J connectivity index is 1.42. The van der Waals surface area contributed by atoms with Gasteiger partial charge in [0.25, 0.3) is 5.91 Å². The van der Waals surface area contributed by atoms with Gasteiger partial charge in [-0.05, 0) is 69.5 Å². The number of carbonyl (C=O) groups is 1. The van der Waals surface area contributed by atoms with Crippen LogP contribution < -0.4 is 15.5 Å². The van der Waals surface area contributed by atoms with Crippen molar-refractivity contribution in [2.24, 2.45) is 7.05 Å². The Morgan fingerprint density at radius 1 is 1.11 bits per heavy atom. The van der Waals surface area contributed by atoms with E-state index in [1.165, 1.54) is 24.9 Å². The first kappa shape index (κ1) is 18.0. The van der Waals surface area contributed by atoms with Crippen LogP contribution in [0.1, 0.15) is 54.2 Å². The van der Waals surface area contributed by atoms with Crippen molar-refractivity contribution in [3.05, 3.63) is 35.7 Å². The minimum Gasteiger partial charge on any atom is -0.372 e. The smallest absolute Gasteiger partial charge is 0.258 e. The van der Waals surface area contributed by atoms with Gasteiger partial charge >= 0.3 is 0 Å². The third-order valence-electron chi connectivity index (χ3n) is 5.56. The molecule has 144 valence electrons. The highest BCUT2D eigenvalue weighted by molar-refractivity contribution is 6.03. The number of aryl methyl sites for hydroxylation is 1. The number of hydrogen-bond donors (Lipinski definition) is 2. The van der Waals surface area contributed by atoms with Crippen LogP contribution in [0.3, 0.4) is 0 Å². The maximum atomic E-state index is 12.6. The normalized spacial score (nSPS) is 18.5.